The first-order valence-electron chi connectivity index (χ1n) is 6.03. The predicted molar refractivity (Wildman–Crippen MR) is 80.6 cm³/mol. The molecule has 0 saturated heterocycles. The van der Waals surface area contributed by atoms with Crippen molar-refractivity contribution in [2.24, 2.45) is 5.10 Å². The van der Waals surface area contributed by atoms with Gasteiger partial charge in [-0.15, -0.1) is 0 Å². The second kappa shape index (κ2) is 7.01. The summed E-state index contributed by atoms with van der Waals surface area (Å²) in [5.41, 5.74) is 5.02. The van der Waals surface area contributed by atoms with Crippen LogP contribution in [0.3, 0.4) is 0 Å². The topological polar surface area (TPSA) is 33.6 Å². The van der Waals surface area contributed by atoms with Gasteiger partial charge in [-0.2, -0.15) is 5.10 Å². The molecule has 0 aromatic heterocycles. The first kappa shape index (κ1) is 12.9. The van der Waals surface area contributed by atoms with E-state index in [-0.39, 0.29) is 0 Å². The average molecular weight is 252 g/mol. The van der Waals surface area contributed by atoms with E-state index in [4.69, 9.17) is 4.74 Å². The van der Waals surface area contributed by atoms with Crippen molar-refractivity contribution < 1.29 is 4.74 Å². The molecule has 0 spiro atoms. The highest BCUT2D eigenvalue weighted by Crippen LogP contribution is 2.14. The van der Waals surface area contributed by atoms with Crippen molar-refractivity contribution in [2.45, 2.75) is 0 Å². The fourth-order valence-corrected chi connectivity index (χ4v) is 1.54. The molecular formula is C16H16N2O. The van der Waals surface area contributed by atoms with Crippen LogP contribution in [-0.2, 0) is 0 Å². The molecule has 2 aromatic rings. The van der Waals surface area contributed by atoms with Gasteiger partial charge in [0.15, 0.2) is 0 Å². The van der Waals surface area contributed by atoms with Crippen molar-refractivity contribution in [3.05, 3.63) is 66.2 Å². The van der Waals surface area contributed by atoms with E-state index >= 15 is 0 Å². The van der Waals surface area contributed by atoms with E-state index in [0.29, 0.717) is 0 Å². The minimum absolute atomic E-state index is 0.832. The van der Waals surface area contributed by atoms with Crippen LogP contribution in [0.2, 0.25) is 0 Å². The van der Waals surface area contributed by atoms with Crippen LogP contribution in [0.15, 0.2) is 65.8 Å². The monoisotopic (exact) mass is 252 g/mol. The van der Waals surface area contributed by atoms with Crippen molar-refractivity contribution in [1.82, 2.24) is 0 Å². The van der Waals surface area contributed by atoms with Gasteiger partial charge in [0.25, 0.3) is 0 Å². The molecule has 1 N–H and O–H groups in total. The van der Waals surface area contributed by atoms with Gasteiger partial charge in [-0.25, -0.2) is 0 Å². The quantitative estimate of drug-likeness (QED) is 0.648. The van der Waals surface area contributed by atoms with E-state index in [1.165, 1.54) is 0 Å². The van der Waals surface area contributed by atoms with E-state index in [9.17, 15) is 0 Å². The molecule has 0 aliphatic heterocycles. The van der Waals surface area contributed by atoms with Gasteiger partial charge in [0.2, 0.25) is 0 Å². The average Bonchev–Trinajstić information content (AvgIpc) is 2.49. The van der Waals surface area contributed by atoms with Crippen molar-refractivity contribution in [2.75, 3.05) is 12.5 Å². The highest BCUT2D eigenvalue weighted by Gasteiger charge is 1.90. The molecule has 0 bridgehead atoms. The molecule has 0 amide bonds. The number of hydrazone groups is 1. The summed E-state index contributed by atoms with van der Waals surface area (Å²) in [4.78, 5) is 0. The zero-order valence-electron chi connectivity index (χ0n) is 10.8. The van der Waals surface area contributed by atoms with Gasteiger partial charge in [-0.05, 0) is 35.9 Å². The fraction of sp³-hybridized carbons (Fsp3) is 0.0625. The van der Waals surface area contributed by atoms with Gasteiger partial charge in [-0.3, -0.25) is 5.43 Å². The van der Waals surface area contributed by atoms with E-state index in [1.807, 2.05) is 66.7 Å². The van der Waals surface area contributed by atoms with Gasteiger partial charge in [0, 0.05) is 6.21 Å². The fourth-order valence-electron chi connectivity index (χ4n) is 1.54. The Morgan fingerprint density at radius 1 is 1.00 bits per heavy atom. The second-order valence-corrected chi connectivity index (χ2v) is 3.89. The highest BCUT2D eigenvalue weighted by molar-refractivity contribution is 5.78. The molecule has 0 fully saturated rings. The normalized spacial score (nSPS) is 11.0. The van der Waals surface area contributed by atoms with Crippen LogP contribution in [0.4, 0.5) is 5.69 Å². The van der Waals surface area contributed by atoms with Crippen molar-refractivity contribution in [1.29, 1.82) is 0 Å². The van der Waals surface area contributed by atoms with Crippen LogP contribution in [-0.4, -0.2) is 13.3 Å². The molecule has 0 radical (unpaired) electrons. The standard InChI is InChI=1S/C16H16N2O/c1-19-16-11-9-15(10-12-16)18-17-13-5-8-14-6-3-2-4-7-14/h2-13,18H,1H3. The highest BCUT2D eigenvalue weighted by atomic mass is 16.5. The summed E-state index contributed by atoms with van der Waals surface area (Å²) in [6.07, 6.45) is 5.61. The van der Waals surface area contributed by atoms with Crippen LogP contribution in [0.1, 0.15) is 5.56 Å². The van der Waals surface area contributed by atoms with Gasteiger partial charge >= 0.3 is 0 Å². The Morgan fingerprint density at radius 2 is 1.74 bits per heavy atom. The summed E-state index contributed by atoms with van der Waals surface area (Å²) >= 11 is 0. The number of hydrogen-bond donors (Lipinski definition) is 1. The third kappa shape index (κ3) is 4.32. The van der Waals surface area contributed by atoms with Gasteiger partial charge in [0.05, 0.1) is 12.8 Å². The lowest BCUT2D eigenvalue weighted by Crippen LogP contribution is -1.88. The zero-order valence-corrected chi connectivity index (χ0v) is 10.8. The van der Waals surface area contributed by atoms with E-state index < -0.39 is 0 Å². The minimum Gasteiger partial charge on any atom is -0.497 e. The first-order chi connectivity index (χ1) is 9.38. The van der Waals surface area contributed by atoms with E-state index in [1.54, 1.807) is 13.3 Å². The van der Waals surface area contributed by atoms with Crippen molar-refractivity contribution in [3.63, 3.8) is 0 Å². The molecule has 0 aliphatic carbocycles. The number of nitrogens with one attached hydrogen (secondary N) is 1. The molecule has 0 unspecified atom stereocenters. The van der Waals surface area contributed by atoms with Crippen LogP contribution >= 0.6 is 0 Å². The number of allylic oxidation sites excluding steroid dienone is 1. The maximum absolute atomic E-state index is 5.08. The Labute approximate surface area is 113 Å². The Morgan fingerprint density at radius 3 is 2.42 bits per heavy atom. The summed E-state index contributed by atoms with van der Waals surface area (Å²) in [5, 5.41) is 4.11. The molecule has 0 atom stereocenters. The Bertz CT molecular complexity index is 545. The largest absolute Gasteiger partial charge is 0.497 e. The molecule has 0 aliphatic rings. The second-order valence-electron chi connectivity index (χ2n) is 3.89. The summed E-state index contributed by atoms with van der Waals surface area (Å²) in [5.74, 6) is 0.832. The number of nitrogens with zero attached hydrogens (tertiary/aromatic N) is 1. The number of hydrogen-bond acceptors (Lipinski definition) is 3. The lowest BCUT2D eigenvalue weighted by Gasteiger charge is -2.01. The van der Waals surface area contributed by atoms with E-state index in [0.717, 1.165) is 17.0 Å². The maximum atomic E-state index is 5.08. The van der Waals surface area contributed by atoms with Crippen LogP contribution in [0.25, 0.3) is 6.08 Å². The lowest BCUT2D eigenvalue weighted by molar-refractivity contribution is 0.415. The SMILES string of the molecule is COc1ccc(NN=CC=Cc2ccccc2)cc1. The number of methoxy groups -OCH3 is 1. The molecular weight excluding hydrogens is 236 g/mol. The van der Waals surface area contributed by atoms with Crippen LogP contribution in [0.5, 0.6) is 5.75 Å². The molecule has 0 saturated carbocycles. The van der Waals surface area contributed by atoms with Crippen molar-refractivity contribution >= 4 is 18.0 Å². The third-order valence-electron chi connectivity index (χ3n) is 2.53. The number of ether oxygens (including phenoxy) is 1. The van der Waals surface area contributed by atoms with Crippen LogP contribution in [0, 0.1) is 0 Å². The maximum Gasteiger partial charge on any atom is 0.119 e. The number of benzene rings is 2. The molecule has 0 heterocycles. The summed E-state index contributed by atoms with van der Waals surface area (Å²) < 4.78 is 5.08. The summed E-state index contributed by atoms with van der Waals surface area (Å²) in [7, 11) is 1.65. The Hall–Kier alpha value is -2.55. The molecule has 2 rings (SSSR count). The third-order valence-corrected chi connectivity index (χ3v) is 2.53. The lowest BCUT2D eigenvalue weighted by atomic mass is 10.2. The number of rotatable bonds is 5. The molecule has 2 aromatic carbocycles. The smallest absolute Gasteiger partial charge is 0.119 e. The zero-order chi connectivity index (χ0) is 13.3. The predicted octanol–water partition coefficient (Wildman–Crippen LogP) is 3.81. The van der Waals surface area contributed by atoms with E-state index in [2.05, 4.69) is 10.5 Å². The van der Waals surface area contributed by atoms with Gasteiger partial charge < -0.3 is 4.74 Å². The minimum atomic E-state index is 0.832. The Kier molecular flexibility index (Phi) is 4.76. The molecule has 3 nitrogen and oxygen atoms in total. The molecule has 3 heteroatoms. The first-order valence-corrected chi connectivity index (χ1v) is 6.03. The molecule has 19 heavy (non-hydrogen) atoms. The summed E-state index contributed by atoms with van der Waals surface area (Å²) in [6.45, 7) is 0. The Balaban J connectivity index is 1.84. The number of anilines is 1. The van der Waals surface area contributed by atoms with Gasteiger partial charge in [0.1, 0.15) is 5.75 Å². The van der Waals surface area contributed by atoms with Gasteiger partial charge in [-0.1, -0.05) is 36.4 Å². The van der Waals surface area contributed by atoms with Crippen molar-refractivity contribution in [3.8, 4) is 5.75 Å². The summed E-state index contributed by atoms with van der Waals surface area (Å²) in [6, 6.07) is 17.7. The molecule has 96 valence electrons. The van der Waals surface area contributed by atoms with Crippen LogP contribution < -0.4 is 10.2 Å².